The molecule has 0 aromatic rings. The quantitative estimate of drug-likeness (QED) is 0.667. The van der Waals surface area contributed by atoms with Gasteiger partial charge in [0.05, 0.1) is 6.54 Å². The molecule has 0 aromatic carbocycles. The second-order valence-electron chi connectivity index (χ2n) is 3.93. The zero-order valence-corrected chi connectivity index (χ0v) is 9.66. The number of carbonyl (C=O) groups is 1. The number of hydrogen-bond acceptors (Lipinski definition) is 3. The molecule has 0 aromatic heterocycles. The Kier molecular flexibility index (Phi) is 6.49. The van der Waals surface area contributed by atoms with E-state index in [9.17, 15) is 4.79 Å². The molecule has 0 fully saturated rings. The van der Waals surface area contributed by atoms with Crippen molar-refractivity contribution < 1.29 is 9.90 Å². The minimum Gasteiger partial charge on any atom is -0.396 e. The Bertz CT molecular complexity index is 170. The van der Waals surface area contributed by atoms with E-state index in [-0.39, 0.29) is 12.5 Å². The van der Waals surface area contributed by atoms with Crippen molar-refractivity contribution in [2.75, 3.05) is 33.8 Å². The minimum atomic E-state index is 0.108. The fourth-order valence-corrected chi connectivity index (χ4v) is 1.11. The Labute approximate surface area is 86.5 Å². The van der Waals surface area contributed by atoms with E-state index in [1.54, 1.807) is 19.0 Å². The number of aliphatic hydroxyl groups is 1. The van der Waals surface area contributed by atoms with Gasteiger partial charge in [-0.25, -0.2) is 0 Å². The van der Waals surface area contributed by atoms with Crippen LogP contribution < -0.4 is 0 Å². The summed E-state index contributed by atoms with van der Waals surface area (Å²) in [5, 5.41) is 8.72. The van der Waals surface area contributed by atoms with Crippen LogP contribution in [0.2, 0.25) is 0 Å². The molecular weight excluding hydrogens is 180 g/mol. The number of hydrogen-bond donors (Lipinski definition) is 1. The van der Waals surface area contributed by atoms with E-state index in [1.165, 1.54) is 0 Å². The van der Waals surface area contributed by atoms with Crippen molar-refractivity contribution in [2.24, 2.45) is 0 Å². The van der Waals surface area contributed by atoms with Crippen molar-refractivity contribution in [2.45, 2.75) is 26.3 Å². The normalized spacial score (nSPS) is 11.1. The molecule has 0 rings (SSSR count). The summed E-state index contributed by atoms with van der Waals surface area (Å²) in [6.07, 6.45) is 0.721. The van der Waals surface area contributed by atoms with Crippen molar-refractivity contribution in [1.82, 2.24) is 9.80 Å². The van der Waals surface area contributed by atoms with Crippen LogP contribution in [0.15, 0.2) is 0 Å². The summed E-state index contributed by atoms with van der Waals surface area (Å²) in [5.74, 6) is 0.108. The first-order valence-electron chi connectivity index (χ1n) is 5.04. The van der Waals surface area contributed by atoms with Crippen LogP contribution in [-0.2, 0) is 4.79 Å². The molecule has 84 valence electrons. The first-order chi connectivity index (χ1) is 6.49. The van der Waals surface area contributed by atoms with E-state index in [0.717, 1.165) is 13.0 Å². The second-order valence-corrected chi connectivity index (χ2v) is 3.93. The Morgan fingerprint density at radius 1 is 1.36 bits per heavy atom. The molecule has 1 amide bonds. The molecule has 0 atom stereocenters. The maximum atomic E-state index is 11.4. The number of amides is 1. The van der Waals surface area contributed by atoms with Gasteiger partial charge in [-0.3, -0.25) is 9.69 Å². The molecule has 0 saturated heterocycles. The van der Waals surface area contributed by atoms with Crippen molar-refractivity contribution in [3.05, 3.63) is 0 Å². The van der Waals surface area contributed by atoms with Gasteiger partial charge in [-0.2, -0.15) is 0 Å². The minimum absolute atomic E-state index is 0.108. The Hall–Kier alpha value is -0.610. The van der Waals surface area contributed by atoms with Crippen LogP contribution in [0.1, 0.15) is 20.3 Å². The van der Waals surface area contributed by atoms with E-state index in [1.807, 2.05) is 0 Å². The molecule has 0 bridgehead atoms. The van der Waals surface area contributed by atoms with Gasteiger partial charge < -0.3 is 10.0 Å². The number of nitrogens with zero attached hydrogens (tertiary/aromatic N) is 2. The van der Waals surface area contributed by atoms with Gasteiger partial charge in [0, 0.05) is 33.3 Å². The van der Waals surface area contributed by atoms with Crippen LogP contribution >= 0.6 is 0 Å². The van der Waals surface area contributed by atoms with Crippen LogP contribution in [0, 0.1) is 0 Å². The van der Waals surface area contributed by atoms with E-state index >= 15 is 0 Å². The van der Waals surface area contributed by atoms with Crippen molar-refractivity contribution in [3.8, 4) is 0 Å². The highest BCUT2D eigenvalue weighted by molar-refractivity contribution is 5.77. The van der Waals surface area contributed by atoms with Crippen molar-refractivity contribution >= 4 is 5.91 Å². The van der Waals surface area contributed by atoms with Crippen molar-refractivity contribution in [1.29, 1.82) is 0 Å². The average Bonchev–Trinajstić information content (AvgIpc) is 2.10. The first kappa shape index (κ1) is 13.4. The lowest BCUT2D eigenvalue weighted by atomic mass is 10.3. The summed E-state index contributed by atoms with van der Waals surface area (Å²) < 4.78 is 0. The summed E-state index contributed by atoms with van der Waals surface area (Å²) >= 11 is 0. The highest BCUT2D eigenvalue weighted by Gasteiger charge is 2.14. The summed E-state index contributed by atoms with van der Waals surface area (Å²) in [6, 6.07) is 0.338. The van der Waals surface area contributed by atoms with Crippen LogP contribution in [0.4, 0.5) is 0 Å². The lowest BCUT2D eigenvalue weighted by molar-refractivity contribution is -0.130. The molecule has 0 unspecified atom stereocenters. The maximum absolute atomic E-state index is 11.4. The second kappa shape index (κ2) is 6.79. The van der Waals surface area contributed by atoms with Gasteiger partial charge in [-0.15, -0.1) is 0 Å². The topological polar surface area (TPSA) is 43.8 Å². The molecule has 0 saturated carbocycles. The lowest BCUT2D eigenvalue weighted by Crippen LogP contribution is -2.41. The largest absolute Gasteiger partial charge is 0.396 e. The highest BCUT2D eigenvalue weighted by atomic mass is 16.3. The van der Waals surface area contributed by atoms with Crippen molar-refractivity contribution in [3.63, 3.8) is 0 Å². The monoisotopic (exact) mass is 202 g/mol. The molecule has 0 heterocycles. The van der Waals surface area contributed by atoms with Gasteiger partial charge in [0.15, 0.2) is 0 Å². The first-order valence-corrected chi connectivity index (χ1v) is 5.04. The Morgan fingerprint density at radius 2 is 1.93 bits per heavy atom. The van der Waals surface area contributed by atoms with E-state index in [0.29, 0.717) is 12.6 Å². The number of rotatable bonds is 6. The standard InChI is InChI=1S/C10H22N2O2/c1-9(2)12(6-5-7-13)8-10(14)11(3)4/h9,13H,5-8H2,1-4H3. The maximum Gasteiger partial charge on any atom is 0.236 e. The third kappa shape index (κ3) is 5.19. The molecule has 0 radical (unpaired) electrons. The predicted octanol–water partition coefficient (Wildman–Crippen LogP) is 0.167. The summed E-state index contributed by atoms with van der Waals surface area (Å²) in [4.78, 5) is 15.1. The predicted molar refractivity (Wildman–Crippen MR) is 57.1 cm³/mol. The summed E-state index contributed by atoms with van der Waals surface area (Å²) in [6.45, 7) is 5.50. The van der Waals surface area contributed by atoms with Gasteiger partial charge in [0.2, 0.25) is 5.91 Å². The smallest absolute Gasteiger partial charge is 0.236 e. The third-order valence-corrected chi connectivity index (χ3v) is 2.17. The van der Waals surface area contributed by atoms with E-state index in [2.05, 4.69) is 18.7 Å². The van der Waals surface area contributed by atoms with Crippen LogP contribution in [-0.4, -0.2) is 60.6 Å². The van der Waals surface area contributed by atoms with Crippen LogP contribution in [0.3, 0.4) is 0 Å². The SMILES string of the molecule is CC(C)N(CCCO)CC(=O)N(C)C. The van der Waals surface area contributed by atoms with Crippen LogP contribution in [0.25, 0.3) is 0 Å². The fourth-order valence-electron chi connectivity index (χ4n) is 1.11. The Balaban J connectivity index is 4.02. The third-order valence-electron chi connectivity index (χ3n) is 2.17. The number of likely N-dealkylation sites (N-methyl/N-ethyl adjacent to an activating group) is 1. The van der Waals surface area contributed by atoms with Crippen LogP contribution in [0.5, 0.6) is 0 Å². The zero-order valence-electron chi connectivity index (χ0n) is 9.66. The van der Waals surface area contributed by atoms with E-state index < -0.39 is 0 Å². The average molecular weight is 202 g/mol. The zero-order chi connectivity index (χ0) is 11.1. The van der Waals surface area contributed by atoms with Gasteiger partial charge in [0.1, 0.15) is 0 Å². The molecule has 14 heavy (non-hydrogen) atoms. The van der Waals surface area contributed by atoms with Gasteiger partial charge in [0.25, 0.3) is 0 Å². The van der Waals surface area contributed by atoms with Gasteiger partial charge in [-0.1, -0.05) is 0 Å². The van der Waals surface area contributed by atoms with Gasteiger partial charge in [-0.05, 0) is 20.3 Å². The molecular formula is C10H22N2O2. The molecule has 0 aliphatic heterocycles. The number of aliphatic hydroxyl groups excluding tert-OH is 1. The molecule has 4 heteroatoms. The summed E-state index contributed by atoms with van der Waals surface area (Å²) in [7, 11) is 3.51. The lowest BCUT2D eigenvalue weighted by Gasteiger charge is -2.26. The molecule has 0 aliphatic rings. The number of carbonyl (C=O) groups excluding carboxylic acids is 1. The highest BCUT2D eigenvalue weighted by Crippen LogP contribution is 2.00. The molecule has 0 spiro atoms. The summed E-state index contributed by atoms with van der Waals surface area (Å²) in [5.41, 5.74) is 0. The van der Waals surface area contributed by atoms with Gasteiger partial charge >= 0.3 is 0 Å². The molecule has 1 N–H and O–H groups in total. The fraction of sp³-hybridized carbons (Fsp3) is 0.900. The molecule has 4 nitrogen and oxygen atoms in total. The van der Waals surface area contributed by atoms with E-state index in [4.69, 9.17) is 5.11 Å². The Morgan fingerprint density at radius 3 is 2.29 bits per heavy atom. The molecule has 0 aliphatic carbocycles.